The van der Waals surface area contributed by atoms with Crippen molar-refractivity contribution in [3.8, 4) is 0 Å². The number of anilines is 1. The van der Waals surface area contributed by atoms with E-state index in [9.17, 15) is 13.2 Å². The third kappa shape index (κ3) is 3.66. The Morgan fingerprint density at radius 1 is 1.13 bits per heavy atom. The van der Waals surface area contributed by atoms with Crippen LogP contribution in [0.15, 0.2) is 58.5 Å². The highest BCUT2D eigenvalue weighted by atomic mass is 35.5. The predicted molar refractivity (Wildman–Crippen MR) is 112 cm³/mol. The van der Waals surface area contributed by atoms with E-state index in [1.54, 1.807) is 36.4 Å². The quantitative estimate of drug-likeness (QED) is 0.438. The molecular weight excluding hydrogens is 428 g/mol. The molecule has 0 saturated carbocycles. The third-order valence-corrected chi connectivity index (χ3v) is 6.28. The molecule has 0 aliphatic heterocycles. The van der Waals surface area contributed by atoms with E-state index in [0.717, 1.165) is 0 Å². The molecular formula is C19H17ClN6O3S. The van der Waals surface area contributed by atoms with Crippen molar-refractivity contribution in [3.05, 3.63) is 53.6 Å². The van der Waals surface area contributed by atoms with E-state index in [4.69, 9.17) is 11.6 Å². The van der Waals surface area contributed by atoms with Crippen LogP contribution in [0.2, 0.25) is 5.02 Å². The molecule has 0 radical (unpaired) electrons. The smallest absolute Gasteiger partial charge is 0.229 e. The van der Waals surface area contributed by atoms with E-state index in [0.29, 0.717) is 34.8 Å². The van der Waals surface area contributed by atoms with Gasteiger partial charge >= 0.3 is 0 Å². The number of fused-ring (bicyclic) bond motifs is 3. The maximum Gasteiger partial charge on any atom is 0.229 e. The average molecular weight is 445 g/mol. The zero-order chi connectivity index (χ0) is 21.3. The first kappa shape index (κ1) is 20.0. The Morgan fingerprint density at radius 2 is 1.90 bits per heavy atom. The zero-order valence-electron chi connectivity index (χ0n) is 15.8. The summed E-state index contributed by atoms with van der Waals surface area (Å²) in [6.07, 6.45) is 0. The summed E-state index contributed by atoms with van der Waals surface area (Å²) in [6, 6.07) is 13.1. The molecule has 0 unspecified atom stereocenters. The fourth-order valence-electron chi connectivity index (χ4n) is 3.01. The van der Waals surface area contributed by atoms with Gasteiger partial charge in [0, 0.05) is 30.4 Å². The van der Waals surface area contributed by atoms with Crippen molar-refractivity contribution in [2.24, 2.45) is 0 Å². The Morgan fingerprint density at radius 3 is 2.63 bits per heavy atom. The second-order valence-corrected chi connectivity index (χ2v) is 8.78. The molecule has 2 N–H and O–H groups in total. The predicted octanol–water partition coefficient (Wildman–Crippen LogP) is 2.31. The van der Waals surface area contributed by atoms with Crippen LogP contribution >= 0.6 is 11.6 Å². The number of hydrogen-bond donors (Lipinski definition) is 2. The first-order chi connectivity index (χ1) is 14.4. The summed E-state index contributed by atoms with van der Waals surface area (Å²) in [5.74, 6) is 0.265. The Kier molecular flexibility index (Phi) is 5.27. The fourth-order valence-corrected chi connectivity index (χ4v) is 4.44. The van der Waals surface area contributed by atoms with Gasteiger partial charge in [-0.05, 0) is 30.3 Å². The van der Waals surface area contributed by atoms with E-state index in [1.165, 1.54) is 23.6 Å². The molecule has 0 fully saturated rings. The Labute approximate surface area is 177 Å². The normalized spacial score (nSPS) is 11.7. The molecule has 9 nitrogen and oxygen atoms in total. The van der Waals surface area contributed by atoms with Gasteiger partial charge in [0.05, 0.1) is 10.4 Å². The van der Waals surface area contributed by atoms with E-state index in [1.807, 2.05) is 0 Å². The molecule has 2 aromatic carbocycles. The molecule has 0 atom stereocenters. The van der Waals surface area contributed by atoms with Crippen LogP contribution < -0.4 is 10.6 Å². The van der Waals surface area contributed by atoms with Gasteiger partial charge in [0.25, 0.3) is 0 Å². The fraction of sp³-hybridized carbons (Fsp3) is 0.158. The molecule has 11 heteroatoms. The van der Waals surface area contributed by atoms with Crippen molar-refractivity contribution in [2.45, 2.75) is 16.8 Å². The van der Waals surface area contributed by atoms with E-state index < -0.39 is 9.84 Å². The number of halogens is 1. The molecule has 2 aromatic heterocycles. The summed E-state index contributed by atoms with van der Waals surface area (Å²) >= 11 is 6.15. The number of nitrogens with zero attached hydrogens (tertiary/aromatic N) is 4. The van der Waals surface area contributed by atoms with Crippen LogP contribution in [0.1, 0.15) is 6.92 Å². The standard InChI is InChI=1S/C19H17ClN6O3S/c1-12(27)21-9-10-22-17-15-11-13(20)7-8-16(15)26-18(23-17)19(24-25-26)30(28,29)14-5-3-2-4-6-14/h2-8,11H,9-10H2,1H3,(H,21,27)(H,22,23). The molecule has 0 bridgehead atoms. The maximum atomic E-state index is 13.1. The second-order valence-electron chi connectivity index (χ2n) is 6.48. The summed E-state index contributed by atoms with van der Waals surface area (Å²) in [5, 5.41) is 14.6. The van der Waals surface area contributed by atoms with Gasteiger partial charge in [-0.1, -0.05) is 35.0 Å². The van der Waals surface area contributed by atoms with Crippen LogP contribution in [-0.4, -0.2) is 47.2 Å². The molecule has 0 aliphatic carbocycles. The number of benzene rings is 2. The number of rotatable bonds is 6. The van der Waals surface area contributed by atoms with Gasteiger partial charge in [-0.2, -0.15) is 4.52 Å². The number of hydrogen-bond acceptors (Lipinski definition) is 7. The van der Waals surface area contributed by atoms with Crippen LogP contribution in [-0.2, 0) is 14.6 Å². The monoisotopic (exact) mass is 444 g/mol. The zero-order valence-corrected chi connectivity index (χ0v) is 17.4. The molecule has 30 heavy (non-hydrogen) atoms. The number of aromatic nitrogens is 4. The van der Waals surface area contributed by atoms with Gasteiger partial charge in [0.1, 0.15) is 5.82 Å². The minimum atomic E-state index is -3.92. The molecule has 0 spiro atoms. The lowest BCUT2D eigenvalue weighted by molar-refractivity contribution is -0.118. The van der Waals surface area contributed by atoms with Crippen LogP contribution in [0.25, 0.3) is 16.6 Å². The van der Waals surface area contributed by atoms with Crippen molar-refractivity contribution in [1.29, 1.82) is 0 Å². The number of carbonyl (C=O) groups is 1. The van der Waals surface area contributed by atoms with Crippen LogP contribution in [0, 0.1) is 0 Å². The first-order valence-electron chi connectivity index (χ1n) is 9.01. The molecule has 4 aromatic rings. The number of nitrogens with one attached hydrogen (secondary N) is 2. The summed E-state index contributed by atoms with van der Waals surface area (Å²) in [5.41, 5.74) is 0.684. The lowest BCUT2D eigenvalue weighted by Crippen LogP contribution is -2.26. The molecule has 4 rings (SSSR count). The van der Waals surface area contributed by atoms with Gasteiger partial charge in [-0.25, -0.2) is 13.4 Å². The lowest BCUT2D eigenvalue weighted by atomic mass is 10.2. The van der Waals surface area contributed by atoms with Gasteiger partial charge in [0.15, 0.2) is 5.65 Å². The SMILES string of the molecule is CC(=O)NCCNc1nc2c(S(=O)(=O)c3ccccc3)nnn2c2ccc(Cl)cc12. The van der Waals surface area contributed by atoms with Crippen molar-refractivity contribution in [3.63, 3.8) is 0 Å². The van der Waals surface area contributed by atoms with Gasteiger partial charge in [-0.3, -0.25) is 4.79 Å². The summed E-state index contributed by atoms with van der Waals surface area (Å²) in [6.45, 7) is 2.18. The minimum Gasteiger partial charge on any atom is -0.368 e. The van der Waals surface area contributed by atoms with Crippen molar-refractivity contribution in [2.75, 3.05) is 18.4 Å². The highest BCUT2D eigenvalue weighted by Gasteiger charge is 2.27. The first-order valence-corrected chi connectivity index (χ1v) is 10.9. The highest BCUT2D eigenvalue weighted by molar-refractivity contribution is 7.91. The van der Waals surface area contributed by atoms with Crippen molar-refractivity contribution < 1.29 is 13.2 Å². The lowest BCUT2D eigenvalue weighted by Gasteiger charge is -2.11. The van der Waals surface area contributed by atoms with Gasteiger partial charge in [-0.15, -0.1) is 5.10 Å². The maximum absolute atomic E-state index is 13.1. The van der Waals surface area contributed by atoms with Crippen molar-refractivity contribution in [1.82, 2.24) is 25.1 Å². The largest absolute Gasteiger partial charge is 0.368 e. The van der Waals surface area contributed by atoms with Crippen LogP contribution in [0.3, 0.4) is 0 Å². The summed E-state index contributed by atoms with van der Waals surface area (Å²) in [4.78, 5) is 15.7. The van der Waals surface area contributed by atoms with Crippen molar-refractivity contribution >= 4 is 49.7 Å². The topological polar surface area (TPSA) is 118 Å². The van der Waals surface area contributed by atoms with Gasteiger partial charge < -0.3 is 10.6 Å². The Bertz CT molecular complexity index is 1360. The van der Waals surface area contributed by atoms with E-state index in [-0.39, 0.29) is 21.5 Å². The molecule has 154 valence electrons. The second kappa shape index (κ2) is 7.88. The summed E-state index contributed by atoms with van der Waals surface area (Å²) < 4.78 is 27.6. The number of amides is 1. The molecule has 2 heterocycles. The number of sulfone groups is 1. The molecule has 0 aliphatic rings. The average Bonchev–Trinajstić information content (AvgIpc) is 3.16. The molecule has 0 saturated heterocycles. The van der Waals surface area contributed by atoms with E-state index in [2.05, 4.69) is 25.9 Å². The highest BCUT2D eigenvalue weighted by Crippen LogP contribution is 2.29. The Hall–Kier alpha value is -3.24. The van der Waals surface area contributed by atoms with Crippen LogP contribution in [0.5, 0.6) is 0 Å². The van der Waals surface area contributed by atoms with Gasteiger partial charge in [0.2, 0.25) is 20.8 Å². The minimum absolute atomic E-state index is 0.0932. The molecule has 1 amide bonds. The summed E-state index contributed by atoms with van der Waals surface area (Å²) in [7, 11) is -3.92. The Balaban J connectivity index is 1.86. The van der Waals surface area contributed by atoms with Crippen LogP contribution in [0.4, 0.5) is 5.82 Å². The van der Waals surface area contributed by atoms with E-state index >= 15 is 0 Å². The number of carbonyl (C=O) groups excluding carboxylic acids is 1. The third-order valence-electron chi connectivity index (χ3n) is 4.38.